The van der Waals surface area contributed by atoms with Crippen molar-refractivity contribution in [3.05, 3.63) is 59.2 Å². The van der Waals surface area contributed by atoms with Crippen LogP contribution in [0.25, 0.3) is 0 Å². The molecule has 112 valence electrons. The Labute approximate surface area is 125 Å². The summed E-state index contributed by atoms with van der Waals surface area (Å²) in [6.45, 7) is 6.54. The minimum Gasteiger partial charge on any atom is -0.370 e. The van der Waals surface area contributed by atoms with Gasteiger partial charge in [-0.25, -0.2) is 4.39 Å². The molecule has 0 saturated heterocycles. The Bertz CT molecular complexity index is 581. The highest BCUT2D eigenvalue weighted by atomic mass is 19.1. The minimum absolute atomic E-state index is 0.200. The van der Waals surface area contributed by atoms with Crippen LogP contribution < -0.4 is 10.2 Å². The largest absolute Gasteiger partial charge is 0.370 e. The van der Waals surface area contributed by atoms with Crippen LogP contribution in [0.1, 0.15) is 23.7 Å². The maximum atomic E-state index is 13.0. The second-order valence-corrected chi connectivity index (χ2v) is 5.22. The monoisotopic (exact) mass is 287 g/mol. The number of hydrogen-bond acceptors (Lipinski definition) is 3. The molecule has 0 bridgehead atoms. The molecular weight excluding hydrogens is 265 g/mol. The van der Waals surface area contributed by atoms with Gasteiger partial charge < -0.3 is 10.2 Å². The molecule has 1 aromatic carbocycles. The SMILES string of the molecule is CCNCc1cnc(C)cc1N(C)Cc1ccc(F)cc1. The van der Waals surface area contributed by atoms with Gasteiger partial charge in [-0.2, -0.15) is 0 Å². The lowest BCUT2D eigenvalue weighted by Gasteiger charge is -2.23. The van der Waals surface area contributed by atoms with Crippen LogP contribution >= 0.6 is 0 Å². The predicted octanol–water partition coefficient (Wildman–Crippen LogP) is 3.28. The van der Waals surface area contributed by atoms with Crippen LogP contribution in [0.4, 0.5) is 10.1 Å². The predicted molar refractivity (Wildman–Crippen MR) is 84.9 cm³/mol. The molecular formula is C17H22FN3. The summed E-state index contributed by atoms with van der Waals surface area (Å²) in [6.07, 6.45) is 1.93. The number of rotatable bonds is 6. The van der Waals surface area contributed by atoms with E-state index in [1.54, 1.807) is 0 Å². The van der Waals surface area contributed by atoms with Crippen molar-refractivity contribution in [1.29, 1.82) is 0 Å². The van der Waals surface area contributed by atoms with Crippen molar-refractivity contribution < 1.29 is 4.39 Å². The lowest BCUT2D eigenvalue weighted by Crippen LogP contribution is -2.21. The van der Waals surface area contributed by atoms with Gasteiger partial charge in [-0.1, -0.05) is 19.1 Å². The molecule has 0 atom stereocenters. The molecule has 0 aliphatic carbocycles. The smallest absolute Gasteiger partial charge is 0.123 e. The van der Waals surface area contributed by atoms with Crippen molar-refractivity contribution in [2.45, 2.75) is 26.9 Å². The lowest BCUT2D eigenvalue weighted by molar-refractivity contribution is 0.627. The van der Waals surface area contributed by atoms with E-state index in [9.17, 15) is 4.39 Å². The summed E-state index contributed by atoms with van der Waals surface area (Å²) in [5.41, 5.74) is 4.42. The summed E-state index contributed by atoms with van der Waals surface area (Å²) in [5.74, 6) is -0.200. The highest BCUT2D eigenvalue weighted by Gasteiger charge is 2.09. The number of nitrogens with zero attached hydrogens (tertiary/aromatic N) is 2. The van der Waals surface area contributed by atoms with Crippen molar-refractivity contribution in [2.75, 3.05) is 18.5 Å². The van der Waals surface area contributed by atoms with Gasteiger partial charge >= 0.3 is 0 Å². The third-order valence-corrected chi connectivity index (χ3v) is 3.41. The molecule has 0 saturated carbocycles. The number of benzene rings is 1. The topological polar surface area (TPSA) is 28.2 Å². The van der Waals surface area contributed by atoms with Gasteiger partial charge in [0.15, 0.2) is 0 Å². The highest BCUT2D eigenvalue weighted by Crippen LogP contribution is 2.21. The van der Waals surface area contributed by atoms with E-state index >= 15 is 0 Å². The van der Waals surface area contributed by atoms with Gasteiger partial charge in [-0.05, 0) is 37.2 Å². The Morgan fingerprint density at radius 1 is 1.24 bits per heavy atom. The fourth-order valence-corrected chi connectivity index (χ4v) is 2.27. The summed E-state index contributed by atoms with van der Waals surface area (Å²) >= 11 is 0. The van der Waals surface area contributed by atoms with Crippen LogP contribution in [0.5, 0.6) is 0 Å². The second-order valence-electron chi connectivity index (χ2n) is 5.22. The summed E-state index contributed by atoms with van der Waals surface area (Å²) in [7, 11) is 2.05. The van der Waals surface area contributed by atoms with E-state index in [1.807, 2.05) is 32.3 Å². The Kier molecular flexibility index (Phi) is 5.28. The molecule has 21 heavy (non-hydrogen) atoms. The van der Waals surface area contributed by atoms with Crippen molar-refractivity contribution in [1.82, 2.24) is 10.3 Å². The standard InChI is InChI=1S/C17H22FN3/c1-4-19-10-15-11-20-13(2)9-17(15)21(3)12-14-5-7-16(18)8-6-14/h5-9,11,19H,4,10,12H2,1-3H3. The molecule has 1 aromatic heterocycles. The van der Waals surface area contributed by atoms with E-state index < -0.39 is 0 Å². The van der Waals surface area contributed by atoms with Crippen LogP contribution in [0, 0.1) is 12.7 Å². The van der Waals surface area contributed by atoms with Crippen LogP contribution in [-0.2, 0) is 13.1 Å². The van der Waals surface area contributed by atoms with E-state index in [1.165, 1.54) is 17.7 Å². The molecule has 3 nitrogen and oxygen atoms in total. The highest BCUT2D eigenvalue weighted by molar-refractivity contribution is 5.53. The van der Waals surface area contributed by atoms with E-state index in [0.717, 1.165) is 36.6 Å². The molecule has 2 rings (SSSR count). The van der Waals surface area contributed by atoms with Gasteiger partial charge in [0, 0.05) is 43.3 Å². The van der Waals surface area contributed by atoms with Crippen LogP contribution in [0.15, 0.2) is 36.5 Å². The van der Waals surface area contributed by atoms with Crippen molar-refractivity contribution in [3.63, 3.8) is 0 Å². The number of nitrogens with one attached hydrogen (secondary N) is 1. The fourth-order valence-electron chi connectivity index (χ4n) is 2.27. The third kappa shape index (κ3) is 4.26. The normalized spacial score (nSPS) is 10.7. The van der Waals surface area contributed by atoms with Crippen molar-refractivity contribution in [2.24, 2.45) is 0 Å². The number of hydrogen-bond donors (Lipinski definition) is 1. The molecule has 0 unspecified atom stereocenters. The maximum absolute atomic E-state index is 13.0. The Hall–Kier alpha value is -1.94. The summed E-state index contributed by atoms with van der Waals surface area (Å²) in [5, 5.41) is 3.33. The van der Waals surface area contributed by atoms with E-state index in [-0.39, 0.29) is 5.82 Å². The molecule has 0 aliphatic heterocycles. The van der Waals surface area contributed by atoms with Gasteiger partial charge in [0.25, 0.3) is 0 Å². The average Bonchev–Trinajstić information content (AvgIpc) is 2.48. The van der Waals surface area contributed by atoms with Crippen LogP contribution in [0.2, 0.25) is 0 Å². The molecule has 4 heteroatoms. The molecule has 0 aliphatic rings. The quantitative estimate of drug-likeness (QED) is 0.884. The number of anilines is 1. The van der Waals surface area contributed by atoms with E-state index in [2.05, 4.69) is 28.2 Å². The van der Waals surface area contributed by atoms with Gasteiger partial charge in [0.2, 0.25) is 0 Å². The van der Waals surface area contributed by atoms with Gasteiger partial charge in [0.1, 0.15) is 5.82 Å². The van der Waals surface area contributed by atoms with Gasteiger partial charge in [-0.3, -0.25) is 4.98 Å². The van der Waals surface area contributed by atoms with Crippen molar-refractivity contribution in [3.8, 4) is 0 Å². The zero-order valence-electron chi connectivity index (χ0n) is 12.9. The lowest BCUT2D eigenvalue weighted by atomic mass is 10.1. The Morgan fingerprint density at radius 2 is 1.95 bits per heavy atom. The first-order chi connectivity index (χ1) is 10.1. The van der Waals surface area contributed by atoms with Gasteiger partial charge in [-0.15, -0.1) is 0 Å². The molecule has 0 spiro atoms. The molecule has 1 heterocycles. The van der Waals surface area contributed by atoms with Crippen LogP contribution in [0.3, 0.4) is 0 Å². The summed E-state index contributed by atoms with van der Waals surface area (Å²) < 4.78 is 13.0. The number of aromatic nitrogens is 1. The summed E-state index contributed by atoms with van der Waals surface area (Å²) in [4.78, 5) is 6.55. The molecule has 0 radical (unpaired) electrons. The number of aryl methyl sites for hydroxylation is 1. The van der Waals surface area contributed by atoms with Gasteiger partial charge in [0.05, 0.1) is 0 Å². The summed E-state index contributed by atoms with van der Waals surface area (Å²) in [6, 6.07) is 8.74. The third-order valence-electron chi connectivity index (χ3n) is 3.41. The number of pyridine rings is 1. The fraction of sp³-hybridized carbons (Fsp3) is 0.353. The Morgan fingerprint density at radius 3 is 2.62 bits per heavy atom. The average molecular weight is 287 g/mol. The zero-order valence-corrected chi connectivity index (χ0v) is 12.9. The van der Waals surface area contributed by atoms with E-state index in [4.69, 9.17) is 0 Å². The molecule has 2 aromatic rings. The molecule has 1 N–H and O–H groups in total. The first-order valence-corrected chi connectivity index (χ1v) is 7.22. The number of halogens is 1. The molecule has 0 fully saturated rings. The Balaban J connectivity index is 2.18. The zero-order chi connectivity index (χ0) is 15.2. The first kappa shape index (κ1) is 15.4. The maximum Gasteiger partial charge on any atom is 0.123 e. The van der Waals surface area contributed by atoms with Crippen LogP contribution in [-0.4, -0.2) is 18.6 Å². The molecule has 0 amide bonds. The first-order valence-electron chi connectivity index (χ1n) is 7.22. The van der Waals surface area contributed by atoms with E-state index in [0.29, 0.717) is 0 Å². The second kappa shape index (κ2) is 7.18. The van der Waals surface area contributed by atoms with Crippen molar-refractivity contribution >= 4 is 5.69 Å². The minimum atomic E-state index is -0.200.